The van der Waals surface area contributed by atoms with Gasteiger partial charge in [-0.05, 0) is 6.42 Å². The van der Waals surface area contributed by atoms with Gasteiger partial charge in [0.25, 0.3) is 0 Å². The van der Waals surface area contributed by atoms with Crippen molar-refractivity contribution in [2.75, 3.05) is 30.7 Å². The number of hydrogen-bond donors (Lipinski definition) is 1. The monoisotopic (exact) mass is 267 g/mol. The van der Waals surface area contributed by atoms with Crippen molar-refractivity contribution in [1.82, 2.24) is 14.3 Å². The molecular weight excluding hydrogens is 254 g/mol. The standard InChI is InChI=1S/C10H13N5O2S/c11-8-9-10(13-3-2-12-9)14-4-6-15-5-1-7-18(15,16)17/h2-3H,1,4-7H2,(H,13,14). The van der Waals surface area contributed by atoms with Crippen LogP contribution < -0.4 is 5.32 Å². The molecule has 0 saturated carbocycles. The molecule has 0 aliphatic carbocycles. The van der Waals surface area contributed by atoms with Crippen molar-refractivity contribution < 1.29 is 8.42 Å². The minimum Gasteiger partial charge on any atom is -0.366 e. The molecule has 0 radical (unpaired) electrons. The van der Waals surface area contributed by atoms with E-state index < -0.39 is 10.0 Å². The maximum absolute atomic E-state index is 11.5. The molecule has 0 amide bonds. The summed E-state index contributed by atoms with van der Waals surface area (Å²) in [5.41, 5.74) is 0.210. The Balaban J connectivity index is 1.91. The second-order valence-corrected chi connectivity index (χ2v) is 5.95. The minimum atomic E-state index is -3.06. The molecule has 18 heavy (non-hydrogen) atoms. The first-order chi connectivity index (χ1) is 8.63. The van der Waals surface area contributed by atoms with Gasteiger partial charge in [-0.1, -0.05) is 0 Å². The molecule has 1 N–H and O–H groups in total. The van der Waals surface area contributed by atoms with E-state index in [9.17, 15) is 8.42 Å². The molecule has 1 aromatic heterocycles. The molecule has 8 heteroatoms. The smallest absolute Gasteiger partial charge is 0.214 e. The van der Waals surface area contributed by atoms with Crippen LogP contribution >= 0.6 is 0 Å². The lowest BCUT2D eigenvalue weighted by atomic mass is 10.4. The molecule has 2 heterocycles. The van der Waals surface area contributed by atoms with Crippen LogP contribution in [0.5, 0.6) is 0 Å². The van der Waals surface area contributed by atoms with Crippen LogP contribution in [0.4, 0.5) is 5.82 Å². The quantitative estimate of drug-likeness (QED) is 0.810. The maximum Gasteiger partial charge on any atom is 0.214 e. The van der Waals surface area contributed by atoms with Gasteiger partial charge >= 0.3 is 0 Å². The summed E-state index contributed by atoms with van der Waals surface area (Å²) in [6.45, 7) is 1.35. The van der Waals surface area contributed by atoms with E-state index in [1.807, 2.05) is 6.07 Å². The molecule has 0 spiro atoms. The van der Waals surface area contributed by atoms with Crippen molar-refractivity contribution in [1.29, 1.82) is 5.26 Å². The maximum atomic E-state index is 11.5. The summed E-state index contributed by atoms with van der Waals surface area (Å²) in [6, 6.07) is 1.92. The third-order valence-electron chi connectivity index (χ3n) is 2.66. The predicted octanol–water partition coefficient (Wildman–Crippen LogP) is -0.204. The normalized spacial score (nSPS) is 18.4. The SMILES string of the molecule is N#Cc1nccnc1NCCN1CCCS1(=O)=O. The third kappa shape index (κ3) is 2.75. The van der Waals surface area contributed by atoms with Crippen molar-refractivity contribution >= 4 is 15.8 Å². The van der Waals surface area contributed by atoms with Crippen LogP contribution in [0.2, 0.25) is 0 Å². The van der Waals surface area contributed by atoms with E-state index in [1.54, 1.807) is 0 Å². The van der Waals surface area contributed by atoms with E-state index >= 15 is 0 Å². The second-order valence-electron chi connectivity index (χ2n) is 3.86. The zero-order chi connectivity index (χ0) is 13.0. The molecule has 1 saturated heterocycles. The second kappa shape index (κ2) is 5.29. The zero-order valence-corrected chi connectivity index (χ0v) is 10.5. The largest absolute Gasteiger partial charge is 0.366 e. The van der Waals surface area contributed by atoms with Gasteiger partial charge in [0.2, 0.25) is 10.0 Å². The molecule has 1 fully saturated rings. The van der Waals surface area contributed by atoms with Gasteiger partial charge in [0.1, 0.15) is 6.07 Å². The number of aromatic nitrogens is 2. The van der Waals surface area contributed by atoms with Crippen molar-refractivity contribution in [3.8, 4) is 6.07 Å². The molecule has 96 valence electrons. The van der Waals surface area contributed by atoms with Crippen LogP contribution in [-0.4, -0.2) is 48.1 Å². The van der Waals surface area contributed by atoms with Crippen molar-refractivity contribution in [2.45, 2.75) is 6.42 Å². The first-order valence-electron chi connectivity index (χ1n) is 5.56. The Morgan fingerprint density at radius 3 is 2.89 bits per heavy atom. The van der Waals surface area contributed by atoms with E-state index in [4.69, 9.17) is 5.26 Å². The van der Waals surface area contributed by atoms with E-state index in [0.29, 0.717) is 31.9 Å². The van der Waals surface area contributed by atoms with Crippen LogP contribution in [-0.2, 0) is 10.0 Å². The van der Waals surface area contributed by atoms with Crippen molar-refractivity contribution in [3.63, 3.8) is 0 Å². The summed E-state index contributed by atoms with van der Waals surface area (Å²) in [5.74, 6) is 0.610. The van der Waals surface area contributed by atoms with Crippen LogP contribution in [0.1, 0.15) is 12.1 Å². The fourth-order valence-electron chi connectivity index (χ4n) is 1.79. The van der Waals surface area contributed by atoms with Crippen LogP contribution in [0.25, 0.3) is 0 Å². The average molecular weight is 267 g/mol. The summed E-state index contributed by atoms with van der Waals surface area (Å²) >= 11 is 0. The molecule has 7 nitrogen and oxygen atoms in total. The first-order valence-corrected chi connectivity index (χ1v) is 7.17. The number of hydrogen-bond acceptors (Lipinski definition) is 6. The average Bonchev–Trinajstić information content (AvgIpc) is 2.69. The third-order valence-corrected chi connectivity index (χ3v) is 4.62. The minimum absolute atomic E-state index is 0.210. The summed E-state index contributed by atoms with van der Waals surface area (Å²) < 4.78 is 24.5. The number of nitrogens with one attached hydrogen (secondary N) is 1. The van der Waals surface area contributed by atoms with Gasteiger partial charge in [-0.15, -0.1) is 0 Å². The van der Waals surface area contributed by atoms with Gasteiger partial charge in [-0.2, -0.15) is 5.26 Å². The van der Waals surface area contributed by atoms with Crippen molar-refractivity contribution in [2.24, 2.45) is 0 Å². The number of nitrogens with zero attached hydrogens (tertiary/aromatic N) is 4. The Hall–Kier alpha value is -1.72. The molecule has 0 bridgehead atoms. The Morgan fingerprint density at radius 2 is 2.22 bits per heavy atom. The fraction of sp³-hybridized carbons (Fsp3) is 0.500. The van der Waals surface area contributed by atoms with Gasteiger partial charge in [0.15, 0.2) is 11.5 Å². The lowest BCUT2D eigenvalue weighted by Crippen LogP contribution is -2.31. The van der Waals surface area contributed by atoms with E-state index in [0.717, 1.165) is 0 Å². The molecule has 1 aliphatic rings. The fourth-order valence-corrected chi connectivity index (χ4v) is 3.32. The highest BCUT2D eigenvalue weighted by Crippen LogP contribution is 2.12. The molecule has 1 aromatic rings. The van der Waals surface area contributed by atoms with Gasteiger partial charge in [0, 0.05) is 32.0 Å². The molecule has 2 rings (SSSR count). The van der Waals surface area contributed by atoms with Gasteiger partial charge < -0.3 is 5.32 Å². The Bertz CT molecular complexity index is 566. The lowest BCUT2D eigenvalue weighted by molar-refractivity contribution is 0.456. The van der Waals surface area contributed by atoms with Gasteiger partial charge in [-0.3, -0.25) is 0 Å². The van der Waals surface area contributed by atoms with Gasteiger partial charge in [-0.25, -0.2) is 22.7 Å². The zero-order valence-electron chi connectivity index (χ0n) is 9.70. The molecular formula is C10H13N5O2S. The van der Waals surface area contributed by atoms with Crippen molar-refractivity contribution in [3.05, 3.63) is 18.1 Å². The molecule has 0 unspecified atom stereocenters. The Morgan fingerprint density at radius 1 is 1.44 bits per heavy atom. The topological polar surface area (TPSA) is 99.0 Å². The van der Waals surface area contributed by atoms with E-state index in [1.165, 1.54) is 16.7 Å². The number of rotatable bonds is 4. The van der Waals surface area contributed by atoms with Crippen LogP contribution in [0.3, 0.4) is 0 Å². The highest BCUT2D eigenvalue weighted by atomic mass is 32.2. The van der Waals surface area contributed by atoms with E-state index in [-0.39, 0.29) is 11.4 Å². The number of sulfonamides is 1. The predicted molar refractivity (Wildman–Crippen MR) is 65.2 cm³/mol. The van der Waals surface area contributed by atoms with Crippen LogP contribution in [0.15, 0.2) is 12.4 Å². The summed E-state index contributed by atoms with van der Waals surface area (Å²) in [5, 5.41) is 11.7. The number of nitriles is 1. The summed E-state index contributed by atoms with van der Waals surface area (Å²) in [6.07, 6.45) is 3.60. The molecule has 0 aromatic carbocycles. The lowest BCUT2D eigenvalue weighted by Gasteiger charge is -2.14. The highest BCUT2D eigenvalue weighted by Gasteiger charge is 2.27. The first kappa shape index (κ1) is 12.7. The number of anilines is 1. The Kier molecular flexibility index (Phi) is 3.74. The molecule has 1 aliphatic heterocycles. The highest BCUT2D eigenvalue weighted by molar-refractivity contribution is 7.89. The molecule has 0 atom stereocenters. The summed E-state index contributed by atoms with van der Waals surface area (Å²) in [7, 11) is -3.06. The van der Waals surface area contributed by atoms with Crippen LogP contribution in [0, 0.1) is 11.3 Å². The Labute approximate surface area is 106 Å². The van der Waals surface area contributed by atoms with E-state index in [2.05, 4.69) is 15.3 Å². The summed E-state index contributed by atoms with van der Waals surface area (Å²) in [4.78, 5) is 7.84. The van der Waals surface area contributed by atoms with Gasteiger partial charge in [0.05, 0.1) is 5.75 Å².